The Morgan fingerprint density at radius 3 is 1.97 bits per heavy atom. The molecule has 0 unspecified atom stereocenters. The molecule has 3 aliphatic rings. The normalized spacial score (nSPS) is 29.8. The van der Waals surface area contributed by atoms with Gasteiger partial charge in [0.25, 0.3) is 0 Å². The van der Waals surface area contributed by atoms with Gasteiger partial charge in [0.2, 0.25) is 0 Å². The maximum atomic E-state index is 13.8. The van der Waals surface area contributed by atoms with E-state index >= 15 is 0 Å². The van der Waals surface area contributed by atoms with Gasteiger partial charge in [-0.3, -0.25) is 4.79 Å². The van der Waals surface area contributed by atoms with Crippen LogP contribution in [0.15, 0.2) is 84.9 Å². The maximum absolute atomic E-state index is 13.8. The summed E-state index contributed by atoms with van der Waals surface area (Å²) in [6, 6.07) is 29.0. The Morgan fingerprint density at radius 1 is 0.733 bits per heavy atom. The van der Waals surface area contributed by atoms with Gasteiger partial charge >= 0.3 is 0 Å². The summed E-state index contributed by atoms with van der Waals surface area (Å²) in [5.41, 5.74) is 3.01. The SMILES string of the molecule is O=C([C]1[CH][CH][CH][CH]1)[C@@H]1C[C@]2(c3ccccc3)O[C@@]1(c1ccccc1)c1ccccc12. The molecule has 30 heavy (non-hydrogen) atoms. The van der Waals surface area contributed by atoms with Crippen molar-refractivity contribution in [2.45, 2.75) is 17.6 Å². The van der Waals surface area contributed by atoms with Crippen molar-refractivity contribution < 1.29 is 9.53 Å². The molecule has 0 N–H and O–H groups in total. The second-order valence-corrected chi connectivity index (χ2v) is 8.24. The van der Waals surface area contributed by atoms with Gasteiger partial charge in [-0.05, 0) is 54.4 Å². The second-order valence-electron chi connectivity index (χ2n) is 8.24. The van der Waals surface area contributed by atoms with Gasteiger partial charge in [-0.25, -0.2) is 0 Å². The summed E-state index contributed by atoms with van der Waals surface area (Å²) < 4.78 is 7.10. The van der Waals surface area contributed by atoms with Crippen LogP contribution in [0.3, 0.4) is 0 Å². The van der Waals surface area contributed by atoms with Crippen molar-refractivity contribution in [3.05, 3.63) is 139 Å². The molecule has 0 amide bonds. The molecule has 2 heteroatoms. The van der Waals surface area contributed by atoms with Crippen molar-refractivity contribution in [3.8, 4) is 0 Å². The molecule has 6 rings (SSSR count). The molecule has 1 saturated heterocycles. The van der Waals surface area contributed by atoms with E-state index in [4.69, 9.17) is 4.74 Å². The van der Waals surface area contributed by atoms with E-state index in [1.54, 1.807) is 0 Å². The molecular weight excluding hydrogens is 368 g/mol. The van der Waals surface area contributed by atoms with Crippen molar-refractivity contribution in [2.75, 3.05) is 0 Å². The molecular formula is C28H21O2. The van der Waals surface area contributed by atoms with Crippen LogP contribution in [0.4, 0.5) is 0 Å². The van der Waals surface area contributed by atoms with Crippen molar-refractivity contribution in [3.63, 3.8) is 0 Å². The molecule has 2 aliphatic heterocycles. The molecule has 5 radical (unpaired) electrons. The molecule has 3 atom stereocenters. The van der Waals surface area contributed by atoms with E-state index in [0.717, 1.165) is 22.6 Å². The highest BCUT2D eigenvalue weighted by Crippen LogP contribution is 2.66. The summed E-state index contributed by atoms with van der Waals surface area (Å²) in [4.78, 5) is 13.8. The first-order valence-corrected chi connectivity index (χ1v) is 10.4. The Bertz CT molecular complexity index is 1080. The molecule has 2 fully saturated rings. The van der Waals surface area contributed by atoms with Crippen molar-refractivity contribution in [1.82, 2.24) is 0 Å². The average molecular weight is 389 g/mol. The largest absolute Gasteiger partial charge is 0.349 e. The van der Waals surface area contributed by atoms with Crippen molar-refractivity contribution in [1.29, 1.82) is 0 Å². The summed E-state index contributed by atoms with van der Waals surface area (Å²) in [7, 11) is 0. The van der Waals surface area contributed by atoms with Crippen LogP contribution in [0.2, 0.25) is 0 Å². The number of hydrogen-bond acceptors (Lipinski definition) is 2. The minimum Gasteiger partial charge on any atom is -0.349 e. The van der Waals surface area contributed by atoms with E-state index in [9.17, 15) is 4.79 Å². The molecule has 2 nitrogen and oxygen atoms in total. The Labute approximate surface area is 177 Å². The molecule has 145 valence electrons. The van der Waals surface area contributed by atoms with E-state index in [0.29, 0.717) is 6.42 Å². The molecule has 3 aromatic carbocycles. The second kappa shape index (κ2) is 6.65. The third-order valence-corrected chi connectivity index (χ3v) is 6.79. The number of ether oxygens (including phenoxy) is 1. The van der Waals surface area contributed by atoms with Crippen LogP contribution in [0.1, 0.15) is 28.7 Å². The summed E-state index contributed by atoms with van der Waals surface area (Å²) in [5.74, 6) is 0.612. The number of rotatable bonds is 4. The van der Waals surface area contributed by atoms with Crippen LogP contribution in [-0.4, -0.2) is 5.78 Å². The predicted molar refractivity (Wildman–Crippen MR) is 116 cm³/mol. The molecule has 2 heterocycles. The highest BCUT2D eigenvalue weighted by molar-refractivity contribution is 6.01. The Morgan fingerprint density at radius 2 is 1.30 bits per heavy atom. The molecule has 2 bridgehead atoms. The van der Waals surface area contributed by atoms with E-state index in [1.807, 2.05) is 62.1 Å². The fraction of sp³-hybridized carbons (Fsp3) is 0.143. The zero-order chi connectivity index (χ0) is 20.2. The predicted octanol–water partition coefficient (Wildman–Crippen LogP) is 5.20. The van der Waals surface area contributed by atoms with Gasteiger partial charge in [-0.1, -0.05) is 84.9 Å². The van der Waals surface area contributed by atoms with Gasteiger partial charge in [0, 0.05) is 5.92 Å². The summed E-state index contributed by atoms with van der Waals surface area (Å²) in [5, 5.41) is 0. The standard InChI is InChI=1S/C28H21O2/c29-26(20-11-7-8-12-20)25-19-27(21-13-3-1-4-14-21)23-17-9-10-18-24(23)28(25,30-27)22-15-5-2-6-16-22/h1-18,25H,19H2/t25-,27+,28-/m0/s1. The van der Waals surface area contributed by atoms with Crippen LogP contribution in [-0.2, 0) is 20.7 Å². The highest BCUT2D eigenvalue weighted by atomic mass is 16.5. The van der Waals surface area contributed by atoms with Gasteiger partial charge < -0.3 is 4.74 Å². The third kappa shape index (κ3) is 2.31. The van der Waals surface area contributed by atoms with Crippen LogP contribution in [0, 0.1) is 37.5 Å². The smallest absolute Gasteiger partial charge is 0.147 e. The fourth-order valence-electron chi connectivity index (χ4n) is 5.54. The number of Topliss-reactive ketones (excluding diaryl/α,β-unsaturated/α-hetero) is 1. The van der Waals surface area contributed by atoms with Gasteiger partial charge in [0.1, 0.15) is 17.0 Å². The Kier molecular flexibility index (Phi) is 4.01. The Balaban J connectivity index is 1.60. The first-order chi connectivity index (χ1) is 14.8. The lowest BCUT2D eigenvalue weighted by atomic mass is 9.63. The van der Waals surface area contributed by atoms with Crippen LogP contribution >= 0.6 is 0 Å². The van der Waals surface area contributed by atoms with Crippen molar-refractivity contribution >= 4 is 5.78 Å². The topological polar surface area (TPSA) is 26.3 Å². The molecule has 0 spiro atoms. The zero-order valence-corrected chi connectivity index (χ0v) is 16.5. The number of carbonyl (C=O) groups is 1. The van der Waals surface area contributed by atoms with E-state index in [1.165, 1.54) is 5.56 Å². The first kappa shape index (κ1) is 18.1. The van der Waals surface area contributed by atoms with E-state index < -0.39 is 11.2 Å². The van der Waals surface area contributed by atoms with E-state index in [-0.39, 0.29) is 11.7 Å². The summed E-state index contributed by atoms with van der Waals surface area (Å²) >= 11 is 0. The number of hydrogen-bond donors (Lipinski definition) is 0. The highest BCUT2D eigenvalue weighted by Gasteiger charge is 2.67. The van der Waals surface area contributed by atoms with Crippen molar-refractivity contribution in [2.24, 2.45) is 5.92 Å². The lowest BCUT2D eigenvalue weighted by Gasteiger charge is -2.35. The van der Waals surface area contributed by atoms with Gasteiger partial charge in [-0.2, -0.15) is 0 Å². The number of carbonyl (C=O) groups excluding carboxylic acids is 1. The quantitative estimate of drug-likeness (QED) is 0.613. The number of fused-ring (bicyclic) bond motifs is 5. The minimum absolute atomic E-state index is 0.149. The van der Waals surface area contributed by atoms with E-state index in [2.05, 4.69) is 48.5 Å². The zero-order valence-electron chi connectivity index (χ0n) is 16.5. The van der Waals surface area contributed by atoms with Gasteiger partial charge in [-0.15, -0.1) is 0 Å². The van der Waals surface area contributed by atoms with Gasteiger partial charge in [0.05, 0.1) is 5.92 Å². The Hall–Kier alpha value is -2.71. The maximum Gasteiger partial charge on any atom is 0.147 e. The monoisotopic (exact) mass is 389 g/mol. The molecule has 3 aromatic rings. The van der Waals surface area contributed by atoms with Gasteiger partial charge in [0.15, 0.2) is 0 Å². The van der Waals surface area contributed by atoms with Crippen LogP contribution in [0.25, 0.3) is 0 Å². The molecule has 1 aliphatic carbocycles. The average Bonchev–Trinajstić information content (AvgIpc) is 3.54. The lowest BCUT2D eigenvalue weighted by molar-refractivity contribution is -0.125. The molecule has 0 aromatic heterocycles. The van der Waals surface area contributed by atoms with Crippen LogP contribution < -0.4 is 0 Å². The fourth-order valence-corrected chi connectivity index (χ4v) is 5.54. The molecule has 1 saturated carbocycles. The lowest BCUT2D eigenvalue weighted by Crippen LogP contribution is -2.40. The van der Waals surface area contributed by atoms with Crippen LogP contribution in [0.5, 0.6) is 0 Å². The summed E-state index contributed by atoms with van der Waals surface area (Å²) in [6.45, 7) is 0. The number of ketones is 1. The third-order valence-electron chi connectivity index (χ3n) is 6.79. The first-order valence-electron chi connectivity index (χ1n) is 10.4. The number of benzene rings is 3. The minimum atomic E-state index is -0.790. The summed E-state index contributed by atoms with van der Waals surface area (Å²) in [6.07, 6.45) is 8.31.